The van der Waals surface area contributed by atoms with Crippen LogP contribution in [0.1, 0.15) is 12.5 Å². The van der Waals surface area contributed by atoms with Crippen LogP contribution >= 0.6 is 23.1 Å². The molecule has 0 atom stereocenters. The lowest BCUT2D eigenvalue weighted by atomic mass is 10.2. The second-order valence-corrected chi connectivity index (χ2v) is 6.57. The monoisotopic (exact) mass is 286 g/mol. The maximum atomic E-state index is 4.73. The second-order valence-electron chi connectivity index (χ2n) is 4.29. The van der Waals surface area contributed by atoms with Gasteiger partial charge in [-0.2, -0.15) is 0 Å². The molecule has 0 amide bonds. The number of rotatable bonds is 3. The van der Waals surface area contributed by atoms with Gasteiger partial charge in [0.1, 0.15) is 15.4 Å². The minimum atomic E-state index is 0.997. The smallest absolute Gasteiger partial charge is 0.143 e. The fourth-order valence-corrected chi connectivity index (χ4v) is 3.76. The van der Waals surface area contributed by atoms with Crippen molar-refractivity contribution in [3.63, 3.8) is 0 Å². The van der Waals surface area contributed by atoms with E-state index < -0.39 is 0 Å². The molecule has 0 aliphatic carbocycles. The predicted molar refractivity (Wildman–Crippen MR) is 84.0 cm³/mol. The van der Waals surface area contributed by atoms with Crippen LogP contribution in [-0.4, -0.2) is 15.7 Å². The first kappa shape index (κ1) is 12.6. The predicted octanol–water partition coefficient (Wildman–Crippen LogP) is 4.78. The Hall–Kier alpha value is -1.39. The molecule has 0 radical (unpaired) electrons. The number of nitrogens with zero attached hydrogens (tertiary/aromatic N) is 2. The molecule has 0 bridgehead atoms. The summed E-state index contributed by atoms with van der Waals surface area (Å²) < 4.78 is 0. The molecule has 2 heterocycles. The van der Waals surface area contributed by atoms with Crippen LogP contribution in [0.15, 0.2) is 41.4 Å². The first-order valence-electron chi connectivity index (χ1n) is 6.23. The molecule has 3 rings (SSSR count). The van der Waals surface area contributed by atoms with E-state index in [2.05, 4.69) is 42.2 Å². The van der Waals surface area contributed by atoms with E-state index in [1.54, 1.807) is 11.3 Å². The molecule has 0 aliphatic rings. The van der Waals surface area contributed by atoms with Crippen LogP contribution < -0.4 is 0 Å². The number of fused-ring (bicyclic) bond motifs is 1. The molecule has 2 aromatic heterocycles. The summed E-state index contributed by atoms with van der Waals surface area (Å²) in [5, 5.41) is 1.06. The van der Waals surface area contributed by atoms with Crippen molar-refractivity contribution in [3.8, 4) is 10.6 Å². The Morgan fingerprint density at radius 2 is 2.11 bits per heavy atom. The van der Waals surface area contributed by atoms with Crippen LogP contribution in [0.5, 0.6) is 0 Å². The van der Waals surface area contributed by atoms with Crippen LogP contribution in [0.2, 0.25) is 0 Å². The summed E-state index contributed by atoms with van der Waals surface area (Å²) in [7, 11) is 0. The van der Waals surface area contributed by atoms with Crippen LogP contribution in [0.4, 0.5) is 0 Å². The van der Waals surface area contributed by atoms with Gasteiger partial charge in [-0.25, -0.2) is 9.97 Å². The van der Waals surface area contributed by atoms with Gasteiger partial charge in [0.05, 0.1) is 0 Å². The zero-order valence-electron chi connectivity index (χ0n) is 10.9. The second kappa shape index (κ2) is 5.31. The fraction of sp³-hybridized carbons (Fsp3) is 0.200. The Kier molecular flexibility index (Phi) is 3.53. The van der Waals surface area contributed by atoms with Crippen LogP contribution in [0.3, 0.4) is 0 Å². The van der Waals surface area contributed by atoms with E-state index in [0.29, 0.717) is 0 Å². The lowest BCUT2D eigenvalue weighted by Crippen LogP contribution is -1.81. The van der Waals surface area contributed by atoms with Crippen molar-refractivity contribution in [1.29, 1.82) is 0 Å². The van der Waals surface area contributed by atoms with Crippen molar-refractivity contribution in [2.45, 2.75) is 18.7 Å². The maximum Gasteiger partial charge on any atom is 0.143 e. The van der Waals surface area contributed by atoms with Gasteiger partial charge < -0.3 is 0 Å². The Labute approximate surface area is 120 Å². The molecule has 2 nitrogen and oxygen atoms in total. The van der Waals surface area contributed by atoms with Crippen molar-refractivity contribution < 1.29 is 0 Å². The van der Waals surface area contributed by atoms with E-state index in [1.165, 1.54) is 10.5 Å². The zero-order chi connectivity index (χ0) is 13.2. The molecule has 0 fully saturated rings. The van der Waals surface area contributed by atoms with Gasteiger partial charge in [0, 0.05) is 16.7 Å². The molecule has 0 unspecified atom stereocenters. The normalized spacial score (nSPS) is 11.1. The Morgan fingerprint density at radius 3 is 2.95 bits per heavy atom. The lowest BCUT2D eigenvalue weighted by Gasteiger charge is -2.04. The largest absolute Gasteiger partial charge is 0.243 e. The van der Waals surface area contributed by atoms with Gasteiger partial charge in [0.25, 0.3) is 0 Å². The number of thioether (sulfide) groups is 1. The standard InChI is InChI=1S/C15H14N2S2/c1-3-18-13-7-5-4-6-11(13)14-17-12-8-10(2)9-16-15(12)19-14/h4-9H,3H2,1-2H3. The molecule has 0 saturated heterocycles. The number of pyridine rings is 1. The Balaban J connectivity index is 2.13. The number of hydrogen-bond donors (Lipinski definition) is 0. The van der Waals surface area contributed by atoms with E-state index in [9.17, 15) is 0 Å². The van der Waals surface area contributed by atoms with Gasteiger partial charge >= 0.3 is 0 Å². The van der Waals surface area contributed by atoms with Gasteiger partial charge in [-0.3, -0.25) is 0 Å². The SMILES string of the molecule is CCSc1ccccc1-c1nc2cc(C)cnc2s1. The number of aromatic nitrogens is 2. The molecule has 0 N–H and O–H groups in total. The molecule has 4 heteroatoms. The van der Waals surface area contributed by atoms with E-state index in [4.69, 9.17) is 4.98 Å². The number of aryl methyl sites for hydroxylation is 1. The number of benzene rings is 1. The quantitative estimate of drug-likeness (QED) is 0.648. The number of thiazole rings is 1. The van der Waals surface area contributed by atoms with Crippen LogP contribution in [0, 0.1) is 6.92 Å². The van der Waals surface area contributed by atoms with E-state index in [1.807, 2.05) is 24.9 Å². The lowest BCUT2D eigenvalue weighted by molar-refractivity contribution is 1.33. The minimum Gasteiger partial charge on any atom is -0.243 e. The Morgan fingerprint density at radius 1 is 1.26 bits per heavy atom. The summed E-state index contributed by atoms with van der Waals surface area (Å²) in [6.07, 6.45) is 1.90. The summed E-state index contributed by atoms with van der Waals surface area (Å²) in [6, 6.07) is 10.5. The summed E-state index contributed by atoms with van der Waals surface area (Å²) in [5.74, 6) is 1.07. The van der Waals surface area contributed by atoms with E-state index >= 15 is 0 Å². The van der Waals surface area contributed by atoms with Crippen LogP contribution in [0.25, 0.3) is 20.9 Å². The fourth-order valence-electron chi connectivity index (χ4n) is 1.96. The van der Waals surface area contributed by atoms with Crippen molar-refractivity contribution in [3.05, 3.63) is 42.1 Å². The van der Waals surface area contributed by atoms with Crippen molar-refractivity contribution in [1.82, 2.24) is 9.97 Å². The molecular formula is C15H14N2S2. The highest BCUT2D eigenvalue weighted by molar-refractivity contribution is 7.99. The average Bonchev–Trinajstić information content (AvgIpc) is 2.82. The molecule has 96 valence electrons. The first-order chi connectivity index (χ1) is 9.28. The average molecular weight is 286 g/mol. The first-order valence-corrected chi connectivity index (χ1v) is 8.03. The molecule has 0 saturated carbocycles. The van der Waals surface area contributed by atoms with Gasteiger partial charge in [0.2, 0.25) is 0 Å². The van der Waals surface area contributed by atoms with Gasteiger partial charge in [0.15, 0.2) is 0 Å². The summed E-state index contributed by atoms with van der Waals surface area (Å²) >= 11 is 3.52. The van der Waals surface area contributed by atoms with Gasteiger partial charge in [-0.05, 0) is 30.4 Å². The van der Waals surface area contributed by atoms with Crippen molar-refractivity contribution in [2.75, 3.05) is 5.75 Å². The number of hydrogen-bond acceptors (Lipinski definition) is 4. The summed E-state index contributed by atoms with van der Waals surface area (Å²) in [6.45, 7) is 4.22. The zero-order valence-corrected chi connectivity index (χ0v) is 12.5. The summed E-state index contributed by atoms with van der Waals surface area (Å²) in [4.78, 5) is 11.5. The third kappa shape index (κ3) is 2.51. The summed E-state index contributed by atoms with van der Waals surface area (Å²) in [5.41, 5.74) is 3.37. The highest BCUT2D eigenvalue weighted by atomic mass is 32.2. The van der Waals surface area contributed by atoms with Gasteiger partial charge in [-0.1, -0.05) is 36.5 Å². The van der Waals surface area contributed by atoms with Crippen molar-refractivity contribution >= 4 is 33.4 Å². The molecule has 0 aliphatic heterocycles. The minimum absolute atomic E-state index is 0.997. The molecule has 0 spiro atoms. The highest BCUT2D eigenvalue weighted by Gasteiger charge is 2.10. The highest BCUT2D eigenvalue weighted by Crippen LogP contribution is 2.35. The van der Waals surface area contributed by atoms with Crippen LogP contribution in [-0.2, 0) is 0 Å². The maximum absolute atomic E-state index is 4.73. The van der Waals surface area contributed by atoms with E-state index in [0.717, 1.165) is 26.7 Å². The third-order valence-corrected chi connectivity index (χ3v) is 4.77. The molecule has 19 heavy (non-hydrogen) atoms. The molecular weight excluding hydrogens is 272 g/mol. The van der Waals surface area contributed by atoms with Gasteiger partial charge in [-0.15, -0.1) is 11.8 Å². The molecule has 3 aromatic rings. The Bertz CT molecular complexity index is 719. The van der Waals surface area contributed by atoms with Crippen molar-refractivity contribution in [2.24, 2.45) is 0 Å². The topological polar surface area (TPSA) is 25.8 Å². The van der Waals surface area contributed by atoms with E-state index in [-0.39, 0.29) is 0 Å². The molecule has 1 aromatic carbocycles. The third-order valence-electron chi connectivity index (χ3n) is 2.80.